The molecule has 47 heavy (non-hydrogen) atoms. The van der Waals surface area contributed by atoms with E-state index < -0.39 is 53.4 Å². The Bertz CT molecular complexity index is 1660. The zero-order chi connectivity index (χ0) is 33.7. The molecule has 0 aromatic heterocycles. The monoisotopic (exact) mass is 662 g/mol. The molecule has 0 aliphatic heterocycles. The lowest BCUT2D eigenvalue weighted by molar-refractivity contribution is -0.195. The van der Waals surface area contributed by atoms with Gasteiger partial charge in [-0.3, -0.25) is 0 Å². The minimum atomic E-state index is -3.93. The Morgan fingerprint density at radius 1 is 0.638 bits per heavy atom. The Morgan fingerprint density at radius 3 is 1.91 bits per heavy atom. The lowest BCUT2D eigenvalue weighted by Crippen LogP contribution is -2.32. The summed E-state index contributed by atoms with van der Waals surface area (Å²) in [4.78, 5) is 0. The number of halogens is 8. The Balaban J connectivity index is 1.18. The van der Waals surface area contributed by atoms with Crippen molar-refractivity contribution < 1.29 is 44.6 Å². The van der Waals surface area contributed by atoms with E-state index in [1.54, 1.807) is 6.07 Å². The van der Waals surface area contributed by atoms with E-state index in [0.717, 1.165) is 37.8 Å². The number of hydrogen-bond donors (Lipinski definition) is 0. The minimum Gasteiger partial charge on any atom is -0.483 e. The molecule has 10 heteroatoms. The fourth-order valence-corrected chi connectivity index (χ4v) is 6.15. The molecular weight excluding hydrogens is 628 g/mol. The summed E-state index contributed by atoms with van der Waals surface area (Å²) in [5.41, 5.74) is 0.0583. The highest BCUT2D eigenvalue weighted by molar-refractivity contribution is 5.66. The van der Waals surface area contributed by atoms with Crippen molar-refractivity contribution in [3.8, 4) is 33.8 Å². The SMILES string of the molecule is CCCCCC1CCC(c2ccc(-c3ccc(OCC(F)(F)Oc4ccc(-c5cc(F)c(F)c(F)c5)c(F)c4)cc3)c(F)c2F)CC1. The Kier molecular flexibility index (Phi) is 10.8. The molecule has 250 valence electrons. The van der Waals surface area contributed by atoms with Crippen LogP contribution in [0, 0.1) is 40.8 Å². The molecule has 1 aliphatic rings. The Hall–Kier alpha value is -4.08. The van der Waals surface area contributed by atoms with Crippen LogP contribution in [0.15, 0.2) is 66.7 Å². The summed E-state index contributed by atoms with van der Waals surface area (Å²) in [6, 6.07) is 12.3. The van der Waals surface area contributed by atoms with Crippen LogP contribution in [0.25, 0.3) is 22.3 Å². The predicted molar refractivity (Wildman–Crippen MR) is 163 cm³/mol. The summed E-state index contributed by atoms with van der Waals surface area (Å²) < 4.78 is 124. The molecule has 0 unspecified atom stereocenters. The van der Waals surface area contributed by atoms with Crippen LogP contribution in [-0.4, -0.2) is 12.7 Å². The molecule has 4 aromatic carbocycles. The van der Waals surface area contributed by atoms with Gasteiger partial charge in [-0.15, -0.1) is 0 Å². The van der Waals surface area contributed by atoms with Crippen molar-refractivity contribution in [2.24, 2.45) is 5.92 Å². The summed E-state index contributed by atoms with van der Waals surface area (Å²) in [6.45, 7) is 0.897. The van der Waals surface area contributed by atoms with Crippen LogP contribution in [0.5, 0.6) is 11.5 Å². The maximum Gasteiger partial charge on any atom is 0.432 e. The van der Waals surface area contributed by atoms with Gasteiger partial charge in [0.15, 0.2) is 35.7 Å². The van der Waals surface area contributed by atoms with Gasteiger partial charge in [-0.2, -0.15) is 8.78 Å². The van der Waals surface area contributed by atoms with Crippen LogP contribution in [0.1, 0.15) is 69.8 Å². The van der Waals surface area contributed by atoms with Gasteiger partial charge < -0.3 is 9.47 Å². The number of alkyl halides is 2. The van der Waals surface area contributed by atoms with Gasteiger partial charge in [0.25, 0.3) is 0 Å². The summed E-state index contributed by atoms with van der Waals surface area (Å²) in [6.07, 6.45) is 4.51. The van der Waals surface area contributed by atoms with E-state index in [2.05, 4.69) is 11.7 Å². The maximum absolute atomic E-state index is 15.2. The number of unbranched alkanes of at least 4 members (excludes halogenated alkanes) is 2. The largest absolute Gasteiger partial charge is 0.483 e. The molecular formula is C37H34F8O2. The minimum absolute atomic E-state index is 0.00730. The highest BCUT2D eigenvalue weighted by atomic mass is 19.3. The number of rotatable bonds is 12. The molecule has 4 aromatic rings. The Morgan fingerprint density at radius 2 is 1.28 bits per heavy atom. The molecule has 0 radical (unpaired) electrons. The molecule has 0 saturated heterocycles. The van der Waals surface area contributed by atoms with Gasteiger partial charge in [0.05, 0.1) is 0 Å². The molecule has 1 fully saturated rings. The molecule has 2 nitrogen and oxygen atoms in total. The second kappa shape index (κ2) is 14.8. The van der Waals surface area contributed by atoms with Gasteiger partial charge in [0.1, 0.15) is 17.3 Å². The second-order valence-corrected chi connectivity index (χ2v) is 12.0. The van der Waals surface area contributed by atoms with Crippen molar-refractivity contribution in [1.29, 1.82) is 0 Å². The van der Waals surface area contributed by atoms with E-state index in [4.69, 9.17) is 4.74 Å². The molecule has 0 N–H and O–H groups in total. The van der Waals surface area contributed by atoms with E-state index in [1.807, 2.05) is 0 Å². The maximum atomic E-state index is 15.2. The predicted octanol–water partition coefficient (Wildman–Crippen LogP) is 11.8. The molecule has 0 spiro atoms. The number of benzene rings is 4. The van der Waals surface area contributed by atoms with Gasteiger partial charge >= 0.3 is 6.11 Å². The van der Waals surface area contributed by atoms with Crippen LogP contribution in [0.2, 0.25) is 0 Å². The van der Waals surface area contributed by atoms with Crippen molar-refractivity contribution in [2.45, 2.75) is 70.3 Å². The third-order valence-electron chi connectivity index (χ3n) is 8.69. The van der Waals surface area contributed by atoms with E-state index in [1.165, 1.54) is 56.0 Å². The van der Waals surface area contributed by atoms with Gasteiger partial charge in [-0.1, -0.05) is 56.9 Å². The van der Waals surface area contributed by atoms with Crippen molar-refractivity contribution in [3.05, 3.63) is 107 Å². The van der Waals surface area contributed by atoms with Gasteiger partial charge in [-0.05, 0) is 90.6 Å². The van der Waals surface area contributed by atoms with Crippen LogP contribution >= 0.6 is 0 Å². The topological polar surface area (TPSA) is 18.5 Å². The van der Waals surface area contributed by atoms with Crippen LogP contribution in [-0.2, 0) is 0 Å². The first kappa shape index (κ1) is 34.3. The lowest BCUT2D eigenvalue weighted by atomic mass is 9.76. The number of hydrogen-bond acceptors (Lipinski definition) is 2. The molecule has 0 amide bonds. The fraction of sp³-hybridized carbons (Fsp3) is 0.351. The molecule has 1 aliphatic carbocycles. The van der Waals surface area contributed by atoms with E-state index in [9.17, 15) is 26.3 Å². The molecule has 5 rings (SSSR count). The normalized spacial score (nSPS) is 16.7. The lowest BCUT2D eigenvalue weighted by Gasteiger charge is -2.29. The summed E-state index contributed by atoms with van der Waals surface area (Å²) >= 11 is 0. The summed E-state index contributed by atoms with van der Waals surface area (Å²) in [7, 11) is 0. The molecule has 0 atom stereocenters. The standard InChI is InChI=1S/C37H34F8O2/c1-2-3-4-5-22-6-8-23(9-7-22)29-16-17-30(35(42)34(29)41)24-10-12-26(13-11-24)46-21-37(44,45)47-27-14-15-28(31(38)20-27)25-18-32(39)36(43)33(40)19-25/h10-20,22-23H,2-9,21H2,1H3. The van der Waals surface area contributed by atoms with Crippen LogP contribution < -0.4 is 9.47 Å². The van der Waals surface area contributed by atoms with Crippen molar-refractivity contribution in [1.82, 2.24) is 0 Å². The molecule has 0 heterocycles. The van der Waals surface area contributed by atoms with Gasteiger partial charge in [0, 0.05) is 17.2 Å². The van der Waals surface area contributed by atoms with Crippen LogP contribution in [0.3, 0.4) is 0 Å². The third-order valence-corrected chi connectivity index (χ3v) is 8.69. The van der Waals surface area contributed by atoms with E-state index in [-0.39, 0.29) is 28.4 Å². The van der Waals surface area contributed by atoms with Crippen molar-refractivity contribution in [3.63, 3.8) is 0 Å². The zero-order valence-electron chi connectivity index (χ0n) is 25.7. The quantitative estimate of drug-likeness (QED) is 0.0854. The second-order valence-electron chi connectivity index (χ2n) is 12.0. The average molecular weight is 663 g/mol. The van der Waals surface area contributed by atoms with E-state index in [0.29, 0.717) is 35.2 Å². The fourth-order valence-electron chi connectivity index (χ4n) is 6.15. The highest BCUT2D eigenvalue weighted by Crippen LogP contribution is 2.40. The van der Waals surface area contributed by atoms with E-state index >= 15 is 8.78 Å². The average Bonchev–Trinajstić information content (AvgIpc) is 3.04. The zero-order valence-corrected chi connectivity index (χ0v) is 25.7. The van der Waals surface area contributed by atoms with Gasteiger partial charge in [-0.25, -0.2) is 26.3 Å². The molecule has 1 saturated carbocycles. The Labute approximate surface area is 268 Å². The van der Waals surface area contributed by atoms with Crippen molar-refractivity contribution in [2.75, 3.05) is 6.61 Å². The third kappa shape index (κ3) is 8.26. The number of ether oxygens (including phenoxy) is 2. The van der Waals surface area contributed by atoms with Gasteiger partial charge in [0.2, 0.25) is 0 Å². The first-order chi connectivity index (χ1) is 22.5. The molecule has 0 bridgehead atoms. The first-order valence-electron chi connectivity index (χ1n) is 15.7. The summed E-state index contributed by atoms with van der Waals surface area (Å²) in [5.74, 6) is -7.75. The van der Waals surface area contributed by atoms with Crippen LogP contribution in [0.4, 0.5) is 35.1 Å². The summed E-state index contributed by atoms with van der Waals surface area (Å²) in [5, 5.41) is 0. The highest BCUT2D eigenvalue weighted by Gasteiger charge is 2.33. The van der Waals surface area contributed by atoms with Crippen molar-refractivity contribution >= 4 is 0 Å². The first-order valence-corrected chi connectivity index (χ1v) is 15.7. The smallest absolute Gasteiger partial charge is 0.432 e.